The third kappa shape index (κ3) is 5.41. The molecular weight excluding hydrogens is 242 g/mol. The second-order valence-electron chi connectivity index (χ2n) is 4.42. The largest absolute Gasteiger partial charge is 0.479 e. The summed E-state index contributed by atoms with van der Waals surface area (Å²) in [6.07, 6.45) is 0. The summed E-state index contributed by atoms with van der Waals surface area (Å²) in [5.74, 6) is -0.601. The summed E-state index contributed by atoms with van der Waals surface area (Å²) >= 11 is 1.51. The van der Waals surface area contributed by atoms with Crippen LogP contribution in [0.4, 0.5) is 0 Å². The molecule has 0 saturated carbocycles. The molecule has 0 aromatic heterocycles. The zero-order chi connectivity index (χ0) is 13.6. The fourth-order valence-corrected chi connectivity index (χ4v) is 2.16. The SMILES string of the molecule is CCSC(C(=O)NCC(C)(O)C(=O)O)C(C)C. The third-order valence-electron chi connectivity index (χ3n) is 2.28. The van der Waals surface area contributed by atoms with Crippen molar-refractivity contribution in [3.63, 3.8) is 0 Å². The average Bonchev–Trinajstić information content (AvgIpc) is 2.22. The molecule has 0 aliphatic heterocycles. The number of carbonyl (C=O) groups excluding carboxylic acids is 1. The Kier molecular flexibility index (Phi) is 6.56. The van der Waals surface area contributed by atoms with E-state index < -0.39 is 11.6 Å². The Morgan fingerprint density at radius 3 is 2.29 bits per heavy atom. The number of rotatable bonds is 7. The van der Waals surface area contributed by atoms with Crippen LogP contribution in [0.5, 0.6) is 0 Å². The van der Waals surface area contributed by atoms with Gasteiger partial charge in [0.15, 0.2) is 5.60 Å². The molecule has 1 amide bonds. The maximum Gasteiger partial charge on any atom is 0.337 e. The lowest BCUT2D eigenvalue weighted by Crippen LogP contribution is -2.49. The van der Waals surface area contributed by atoms with E-state index in [0.29, 0.717) is 0 Å². The maximum absolute atomic E-state index is 11.8. The number of carboxylic acids is 1. The summed E-state index contributed by atoms with van der Waals surface area (Å²) in [6.45, 7) is 6.70. The second kappa shape index (κ2) is 6.86. The minimum atomic E-state index is -1.92. The molecule has 0 aromatic rings. The molecule has 5 nitrogen and oxygen atoms in total. The topological polar surface area (TPSA) is 86.6 Å². The normalized spacial score (nSPS) is 16.4. The Labute approximate surface area is 106 Å². The molecule has 0 rings (SSSR count). The molecule has 17 heavy (non-hydrogen) atoms. The Morgan fingerprint density at radius 2 is 1.94 bits per heavy atom. The highest BCUT2D eigenvalue weighted by Crippen LogP contribution is 2.19. The smallest absolute Gasteiger partial charge is 0.337 e. The van der Waals surface area contributed by atoms with Crippen molar-refractivity contribution >= 4 is 23.6 Å². The summed E-state index contributed by atoms with van der Waals surface area (Å²) in [7, 11) is 0. The van der Waals surface area contributed by atoms with Gasteiger partial charge in [-0.1, -0.05) is 20.8 Å². The summed E-state index contributed by atoms with van der Waals surface area (Å²) < 4.78 is 0. The monoisotopic (exact) mass is 263 g/mol. The van der Waals surface area contributed by atoms with Crippen LogP contribution in [-0.2, 0) is 9.59 Å². The standard InChI is InChI=1S/C11H21NO4S/c1-5-17-8(7(2)3)9(13)12-6-11(4,16)10(14)15/h7-8,16H,5-6H2,1-4H3,(H,12,13)(H,14,15). The van der Waals surface area contributed by atoms with Crippen molar-refractivity contribution in [2.24, 2.45) is 5.92 Å². The quantitative estimate of drug-likeness (QED) is 0.630. The summed E-state index contributed by atoms with van der Waals surface area (Å²) in [5.41, 5.74) is -1.92. The number of hydrogen-bond donors (Lipinski definition) is 3. The van der Waals surface area contributed by atoms with Gasteiger partial charge in [0.25, 0.3) is 0 Å². The van der Waals surface area contributed by atoms with Crippen LogP contribution < -0.4 is 5.32 Å². The fraction of sp³-hybridized carbons (Fsp3) is 0.818. The molecule has 100 valence electrons. The molecule has 6 heteroatoms. The van der Waals surface area contributed by atoms with Gasteiger partial charge < -0.3 is 15.5 Å². The van der Waals surface area contributed by atoms with Gasteiger partial charge in [-0.15, -0.1) is 11.8 Å². The van der Waals surface area contributed by atoms with Crippen LogP contribution in [0.15, 0.2) is 0 Å². The first kappa shape index (κ1) is 16.2. The molecule has 0 bridgehead atoms. The Morgan fingerprint density at radius 1 is 1.41 bits per heavy atom. The number of carbonyl (C=O) groups is 2. The Hall–Kier alpha value is -0.750. The number of aliphatic carboxylic acids is 1. The zero-order valence-electron chi connectivity index (χ0n) is 10.7. The van der Waals surface area contributed by atoms with E-state index in [1.165, 1.54) is 11.8 Å². The van der Waals surface area contributed by atoms with E-state index in [0.717, 1.165) is 12.7 Å². The van der Waals surface area contributed by atoms with Crippen molar-refractivity contribution in [2.75, 3.05) is 12.3 Å². The summed E-state index contributed by atoms with van der Waals surface area (Å²) in [5, 5.41) is 20.4. The van der Waals surface area contributed by atoms with Crippen LogP contribution >= 0.6 is 11.8 Å². The molecule has 0 spiro atoms. The van der Waals surface area contributed by atoms with Crippen molar-refractivity contribution in [2.45, 2.75) is 38.5 Å². The van der Waals surface area contributed by atoms with Gasteiger partial charge in [0, 0.05) is 0 Å². The average molecular weight is 263 g/mol. The van der Waals surface area contributed by atoms with Crippen molar-refractivity contribution in [1.82, 2.24) is 5.32 Å². The van der Waals surface area contributed by atoms with E-state index >= 15 is 0 Å². The molecule has 0 fully saturated rings. The molecule has 2 atom stereocenters. The first-order valence-corrected chi connectivity index (χ1v) is 6.62. The molecule has 0 aliphatic rings. The number of thioether (sulfide) groups is 1. The highest BCUT2D eigenvalue weighted by molar-refractivity contribution is 8.00. The van der Waals surface area contributed by atoms with E-state index in [2.05, 4.69) is 5.32 Å². The third-order valence-corrected chi connectivity index (χ3v) is 3.73. The van der Waals surface area contributed by atoms with Gasteiger partial charge in [-0.2, -0.15) is 0 Å². The molecule has 3 N–H and O–H groups in total. The van der Waals surface area contributed by atoms with Gasteiger partial charge in [0.1, 0.15) is 0 Å². The lowest BCUT2D eigenvalue weighted by Gasteiger charge is -2.23. The Balaban J connectivity index is 4.38. The van der Waals surface area contributed by atoms with Gasteiger partial charge in [-0.25, -0.2) is 4.79 Å². The van der Waals surface area contributed by atoms with E-state index in [9.17, 15) is 14.7 Å². The van der Waals surface area contributed by atoms with E-state index in [-0.39, 0.29) is 23.6 Å². The van der Waals surface area contributed by atoms with Crippen LogP contribution in [0.1, 0.15) is 27.7 Å². The van der Waals surface area contributed by atoms with Gasteiger partial charge >= 0.3 is 5.97 Å². The van der Waals surface area contributed by atoms with Gasteiger partial charge in [-0.05, 0) is 18.6 Å². The lowest BCUT2D eigenvalue weighted by molar-refractivity contribution is -0.156. The lowest BCUT2D eigenvalue weighted by atomic mass is 10.1. The van der Waals surface area contributed by atoms with Crippen LogP contribution in [0.3, 0.4) is 0 Å². The van der Waals surface area contributed by atoms with Crippen molar-refractivity contribution in [1.29, 1.82) is 0 Å². The second-order valence-corrected chi connectivity index (χ2v) is 5.84. The minimum Gasteiger partial charge on any atom is -0.479 e. The molecule has 0 aromatic carbocycles. The highest BCUT2D eigenvalue weighted by atomic mass is 32.2. The van der Waals surface area contributed by atoms with E-state index in [4.69, 9.17) is 5.11 Å². The number of amides is 1. The van der Waals surface area contributed by atoms with E-state index in [1.807, 2.05) is 20.8 Å². The molecule has 0 aliphatic carbocycles. The predicted octanol–water partition coefficient (Wildman–Crippen LogP) is 0.716. The summed E-state index contributed by atoms with van der Waals surface area (Å²) in [4.78, 5) is 22.5. The highest BCUT2D eigenvalue weighted by Gasteiger charge is 2.31. The van der Waals surface area contributed by atoms with Gasteiger partial charge in [0.2, 0.25) is 5.91 Å². The van der Waals surface area contributed by atoms with Crippen LogP contribution in [0.25, 0.3) is 0 Å². The zero-order valence-corrected chi connectivity index (χ0v) is 11.5. The molecule has 2 unspecified atom stereocenters. The molecule has 0 heterocycles. The van der Waals surface area contributed by atoms with Crippen molar-refractivity contribution in [3.8, 4) is 0 Å². The van der Waals surface area contributed by atoms with Crippen LogP contribution in [0, 0.1) is 5.92 Å². The van der Waals surface area contributed by atoms with Gasteiger partial charge in [-0.3, -0.25) is 4.79 Å². The minimum absolute atomic E-state index is 0.162. The van der Waals surface area contributed by atoms with Crippen molar-refractivity contribution in [3.05, 3.63) is 0 Å². The Bertz CT molecular complexity index is 279. The molecule has 0 radical (unpaired) electrons. The summed E-state index contributed by atoms with van der Waals surface area (Å²) in [6, 6.07) is 0. The number of carboxylic acid groups (broad SMARTS) is 1. The van der Waals surface area contributed by atoms with Crippen LogP contribution in [0.2, 0.25) is 0 Å². The molecular formula is C11H21NO4S. The predicted molar refractivity (Wildman–Crippen MR) is 68.0 cm³/mol. The number of hydrogen-bond acceptors (Lipinski definition) is 4. The first-order chi connectivity index (χ1) is 7.72. The van der Waals surface area contributed by atoms with Gasteiger partial charge in [0.05, 0.1) is 11.8 Å². The maximum atomic E-state index is 11.8. The fourth-order valence-electron chi connectivity index (χ4n) is 1.19. The number of nitrogens with one attached hydrogen (secondary N) is 1. The van der Waals surface area contributed by atoms with Crippen molar-refractivity contribution < 1.29 is 19.8 Å². The van der Waals surface area contributed by atoms with E-state index in [1.54, 1.807) is 0 Å². The van der Waals surface area contributed by atoms with Crippen LogP contribution in [-0.4, -0.2) is 45.2 Å². The number of aliphatic hydroxyl groups is 1. The first-order valence-electron chi connectivity index (χ1n) is 5.57. The molecule has 0 saturated heterocycles.